The molecule has 96 valence electrons. The lowest BCUT2D eigenvalue weighted by atomic mass is 10.1. The zero-order valence-electron chi connectivity index (χ0n) is 10.7. The summed E-state index contributed by atoms with van der Waals surface area (Å²) in [6.07, 6.45) is 0. The number of nitriles is 1. The van der Waals surface area contributed by atoms with Gasteiger partial charge in [-0.2, -0.15) is 5.26 Å². The summed E-state index contributed by atoms with van der Waals surface area (Å²) in [6, 6.07) is 13.2. The van der Waals surface area contributed by atoms with Crippen LogP contribution in [-0.2, 0) is 0 Å². The van der Waals surface area contributed by atoms with Crippen LogP contribution in [0.1, 0.15) is 11.1 Å². The van der Waals surface area contributed by atoms with E-state index in [2.05, 4.69) is 11.4 Å². The van der Waals surface area contributed by atoms with Crippen molar-refractivity contribution in [3.8, 4) is 11.8 Å². The second kappa shape index (κ2) is 5.64. The molecule has 0 saturated heterocycles. The molecular weight excluding hydrogens is 260 g/mol. The monoisotopic (exact) mass is 272 g/mol. The summed E-state index contributed by atoms with van der Waals surface area (Å²) in [5, 5.41) is 12.9. The second-order valence-electron chi connectivity index (χ2n) is 4.14. The molecule has 0 aliphatic heterocycles. The van der Waals surface area contributed by atoms with E-state index in [1.54, 1.807) is 25.3 Å². The number of rotatable bonds is 3. The quantitative estimate of drug-likeness (QED) is 0.907. The lowest BCUT2D eigenvalue weighted by Crippen LogP contribution is -1.95. The fraction of sp³-hybridized carbons (Fsp3) is 0.133. The number of ether oxygens (including phenoxy) is 1. The maximum atomic E-state index is 9.10. The van der Waals surface area contributed by atoms with Crippen molar-refractivity contribution in [2.24, 2.45) is 0 Å². The Hall–Kier alpha value is -2.18. The zero-order chi connectivity index (χ0) is 13.8. The summed E-state index contributed by atoms with van der Waals surface area (Å²) in [4.78, 5) is 0. The molecule has 0 radical (unpaired) electrons. The number of methoxy groups -OCH3 is 1. The number of anilines is 2. The number of aryl methyl sites for hydroxylation is 1. The predicted molar refractivity (Wildman–Crippen MR) is 77.2 cm³/mol. The average molecular weight is 273 g/mol. The fourth-order valence-electron chi connectivity index (χ4n) is 1.75. The van der Waals surface area contributed by atoms with Crippen molar-refractivity contribution in [1.29, 1.82) is 5.26 Å². The maximum Gasteiger partial charge on any atom is 0.139 e. The van der Waals surface area contributed by atoms with Crippen molar-refractivity contribution in [3.05, 3.63) is 52.5 Å². The first-order valence-corrected chi connectivity index (χ1v) is 6.13. The van der Waals surface area contributed by atoms with Crippen LogP contribution >= 0.6 is 11.6 Å². The molecule has 2 rings (SSSR count). The van der Waals surface area contributed by atoms with Crippen LogP contribution in [0, 0.1) is 18.3 Å². The van der Waals surface area contributed by atoms with E-state index in [0.29, 0.717) is 16.3 Å². The van der Waals surface area contributed by atoms with Crippen LogP contribution in [0.15, 0.2) is 36.4 Å². The number of halogens is 1. The third-order valence-electron chi connectivity index (χ3n) is 2.73. The van der Waals surface area contributed by atoms with Gasteiger partial charge < -0.3 is 10.1 Å². The molecule has 0 spiro atoms. The fourth-order valence-corrected chi connectivity index (χ4v) is 1.95. The summed E-state index contributed by atoms with van der Waals surface area (Å²) >= 11 is 5.98. The molecule has 0 fully saturated rings. The van der Waals surface area contributed by atoms with E-state index in [9.17, 15) is 0 Å². The first kappa shape index (κ1) is 13.3. The van der Waals surface area contributed by atoms with Crippen LogP contribution in [0.4, 0.5) is 11.4 Å². The van der Waals surface area contributed by atoms with E-state index in [4.69, 9.17) is 21.6 Å². The zero-order valence-corrected chi connectivity index (χ0v) is 11.5. The molecule has 0 aliphatic rings. The predicted octanol–water partition coefficient (Wildman–Crippen LogP) is 4.27. The van der Waals surface area contributed by atoms with Crippen molar-refractivity contribution in [2.45, 2.75) is 6.92 Å². The van der Waals surface area contributed by atoms with E-state index < -0.39 is 0 Å². The van der Waals surface area contributed by atoms with Gasteiger partial charge in [-0.25, -0.2) is 0 Å². The average Bonchev–Trinajstić information content (AvgIpc) is 2.41. The Morgan fingerprint density at radius 2 is 2.00 bits per heavy atom. The highest BCUT2D eigenvalue weighted by atomic mass is 35.5. The van der Waals surface area contributed by atoms with Gasteiger partial charge in [0.1, 0.15) is 11.8 Å². The molecule has 2 aromatic carbocycles. The maximum absolute atomic E-state index is 9.10. The highest BCUT2D eigenvalue weighted by molar-refractivity contribution is 6.32. The van der Waals surface area contributed by atoms with Gasteiger partial charge in [0, 0.05) is 11.8 Å². The van der Waals surface area contributed by atoms with Crippen molar-refractivity contribution < 1.29 is 4.74 Å². The molecule has 4 heteroatoms. The molecule has 3 nitrogen and oxygen atoms in total. The van der Waals surface area contributed by atoms with Crippen LogP contribution in [0.5, 0.6) is 5.75 Å². The molecule has 0 aliphatic carbocycles. The number of hydrogen-bond acceptors (Lipinski definition) is 3. The Labute approximate surface area is 117 Å². The van der Waals surface area contributed by atoms with E-state index in [0.717, 1.165) is 16.9 Å². The van der Waals surface area contributed by atoms with E-state index in [1.165, 1.54) is 0 Å². The normalized spacial score (nSPS) is 9.79. The Morgan fingerprint density at radius 3 is 2.68 bits per heavy atom. The highest BCUT2D eigenvalue weighted by Gasteiger charge is 2.05. The minimum atomic E-state index is 0.554. The number of nitrogens with one attached hydrogen (secondary N) is 1. The Bertz CT molecular complexity index is 647. The molecule has 1 N–H and O–H groups in total. The summed E-state index contributed by atoms with van der Waals surface area (Å²) in [5.41, 5.74) is 3.28. The number of hydrogen-bond donors (Lipinski definition) is 1. The lowest BCUT2D eigenvalue weighted by molar-refractivity contribution is 0.415. The van der Waals surface area contributed by atoms with E-state index in [-0.39, 0.29) is 0 Å². The number of nitrogens with zero attached hydrogens (tertiary/aromatic N) is 1. The van der Waals surface area contributed by atoms with Crippen molar-refractivity contribution in [1.82, 2.24) is 0 Å². The van der Waals surface area contributed by atoms with Crippen molar-refractivity contribution in [2.75, 3.05) is 12.4 Å². The summed E-state index contributed by atoms with van der Waals surface area (Å²) in [5.74, 6) is 0.595. The Balaban J connectivity index is 2.36. The van der Waals surface area contributed by atoms with Crippen LogP contribution in [0.2, 0.25) is 5.02 Å². The minimum Gasteiger partial charge on any atom is -0.495 e. The standard InChI is InChI=1S/C15H13ClN2O/c1-10-3-4-11(9-17)14(7-10)18-12-5-6-13(16)15(8-12)19-2/h3-8,18H,1-2H3. The minimum absolute atomic E-state index is 0.554. The van der Waals surface area contributed by atoms with Gasteiger partial charge >= 0.3 is 0 Å². The van der Waals surface area contributed by atoms with E-state index in [1.807, 2.05) is 25.1 Å². The largest absolute Gasteiger partial charge is 0.495 e. The van der Waals surface area contributed by atoms with Crippen LogP contribution in [0.3, 0.4) is 0 Å². The number of benzene rings is 2. The van der Waals surface area contributed by atoms with Crippen LogP contribution in [-0.4, -0.2) is 7.11 Å². The Kier molecular flexibility index (Phi) is 3.94. The van der Waals surface area contributed by atoms with Gasteiger partial charge in [-0.3, -0.25) is 0 Å². The molecule has 19 heavy (non-hydrogen) atoms. The van der Waals surface area contributed by atoms with Gasteiger partial charge in [0.05, 0.1) is 23.4 Å². The van der Waals surface area contributed by atoms with Gasteiger partial charge in [0.25, 0.3) is 0 Å². The van der Waals surface area contributed by atoms with Gasteiger partial charge in [0.15, 0.2) is 0 Å². The SMILES string of the molecule is COc1cc(Nc2cc(C)ccc2C#N)ccc1Cl. The summed E-state index contributed by atoms with van der Waals surface area (Å²) in [6.45, 7) is 1.98. The second-order valence-corrected chi connectivity index (χ2v) is 4.54. The van der Waals surface area contributed by atoms with Gasteiger partial charge in [-0.15, -0.1) is 0 Å². The molecule has 0 aromatic heterocycles. The van der Waals surface area contributed by atoms with Gasteiger partial charge in [-0.05, 0) is 36.8 Å². The van der Waals surface area contributed by atoms with Gasteiger partial charge in [-0.1, -0.05) is 17.7 Å². The van der Waals surface area contributed by atoms with Crippen molar-refractivity contribution >= 4 is 23.0 Å². The third kappa shape index (κ3) is 2.98. The first-order chi connectivity index (χ1) is 9.13. The molecule has 0 bridgehead atoms. The molecule has 0 atom stereocenters. The van der Waals surface area contributed by atoms with Gasteiger partial charge in [0.2, 0.25) is 0 Å². The van der Waals surface area contributed by atoms with Crippen LogP contribution in [0.25, 0.3) is 0 Å². The van der Waals surface area contributed by atoms with E-state index >= 15 is 0 Å². The summed E-state index contributed by atoms with van der Waals surface area (Å²) < 4.78 is 5.17. The smallest absolute Gasteiger partial charge is 0.139 e. The first-order valence-electron chi connectivity index (χ1n) is 5.75. The summed E-state index contributed by atoms with van der Waals surface area (Å²) in [7, 11) is 1.57. The molecular formula is C15H13ClN2O. The van der Waals surface area contributed by atoms with Crippen LogP contribution < -0.4 is 10.1 Å². The molecule has 0 unspecified atom stereocenters. The molecule has 2 aromatic rings. The van der Waals surface area contributed by atoms with Crippen molar-refractivity contribution in [3.63, 3.8) is 0 Å². The topological polar surface area (TPSA) is 45.0 Å². The lowest BCUT2D eigenvalue weighted by Gasteiger charge is -2.11. The molecule has 0 heterocycles. The molecule has 0 saturated carbocycles. The third-order valence-corrected chi connectivity index (χ3v) is 3.04. The Morgan fingerprint density at radius 1 is 1.21 bits per heavy atom. The molecule has 0 amide bonds. The highest BCUT2D eigenvalue weighted by Crippen LogP contribution is 2.30.